The number of carboxylic acid groups (broad SMARTS) is 1. The number of carbonyl (C=O) groups excluding carboxylic acids is 2. The Balaban J connectivity index is 2.25. The zero-order valence-electron chi connectivity index (χ0n) is 12.7. The minimum Gasteiger partial charge on any atom is -0.476 e. The molecule has 0 saturated heterocycles. The molecule has 1 aliphatic heterocycles. The third-order valence-corrected chi connectivity index (χ3v) is 4.10. The Bertz CT molecular complexity index is 824. The first kappa shape index (κ1) is 15.0. The van der Waals surface area contributed by atoms with Crippen molar-refractivity contribution in [2.24, 2.45) is 0 Å². The van der Waals surface area contributed by atoms with Gasteiger partial charge in [0.15, 0.2) is 11.5 Å². The van der Waals surface area contributed by atoms with Gasteiger partial charge in [0.05, 0.1) is 29.5 Å². The fourth-order valence-electron chi connectivity index (χ4n) is 2.70. The summed E-state index contributed by atoms with van der Waals surface area (Å²) in [5, 5.41) is 9.32. The standard InChI is InChI=1S/C16H15N3O4/c1-9(10(2)20)18-7-13-14(16(22)23)17-8-19(13)12-6-4-3-5-11(12)15(18)21/h3-6,8-9H,7H2,1-2H3,(H,22,23). The van der Waals surface area contributed by atoms with E-state index in [-0.39, 0.29) is 23.9 Å². The van der Waals surface area contributed by atoms with Gasteiger partial charge in [-0.1, -0.05) is 12.1 Å². The third kappa shape index (κ3) is 2.30. The monoisotopic (exact) mass is 313 g/mol. The molecule has 7 heteroatoms. The molecular weight excluding hydrogens is 298 g/mol. The molecule has 0 bridgehead atoms. The van der Waals surface area contributed by atoms with Crippen LogP contribution in [0.4, 0.5) is 0 Å². The minimum atomic E-state index is -1.17. The SMILES string of the molecule is CC(=O)C(C)N1Cc2c(C(=O)O)ncn2-c2ccccc2C1=O. The Morgan fingerprint density at radius 3 is 2.65 bits per heavy atom. The number of ketones is 1. The van der Waals surface area contributed by atoms with Crippen molar-refractivity contribution in [3.63, 3.8) is 0 Å². The quantitative estimate of drug-likeness (QED) is 0.927. The number of aromatic nitrogens is 2. The molecule has 2 heterocycles. The number of imidazole rings is 1. The molecule has 1 N–H and O–H groups in total. The molecule has 2 aromatic rings. The molecule has 118 valence electrons. The van der Waals surface area contributed by atoms with Crippen LogP contribution in [-0.4, -0.2) is 43.3 Å². The van der Waals surface area contributed by atoms with Crippen molar-refractivity contribution in [1.29, 1.82) is 0 Å². The normalized spacial score (nSPS) is 14.7. The van der Waals surface area contributed by atoms with Crippen LogP contribution in [0.1, 0.15) is 40.4 Å². The lowest BCUT2D eigenvalue weighted by molar-refractivity contribution is -0.121. The number of carbonyl (C=O) groups is 3. The number of aromatic carboxylic acids is 1. The molecule has 3 rings (SSSR count). The second kappa shape index (κ2) is 5.35. The summed E-state index contributed by atoms with van der Waals surface area (Å²) in [4.78, 5) is 41.3. The fraction of sp³-hybridized carbons (Fsp3) is 0.250. The van der Waals surface area contributed by atoms with Crippen LogP contribution in [0.2, 0.25) is 0 Å². The summed E-state index contributed by atoms with van der Waals surface area (Å²) in [5.74, 6) is -1.63. The number of amides is 1. The zero-order chi connectivity index (χ0) is 16.7. The fourth-order valence-corrected chi connectivity index (χ4v) is 2.70. The van der Waals surface area contributed by atoms with Crippen LogP contribution >= 0.6 is 0 Å². The van der Waals surface area contributed by atoms with E-state index in [4.69, 9.17) is 0 Å². The van der Waals surface area contributed by atoms with Gasteiger partial charge in [-0.25, -0.2) is 9.78 Å². The number of hydrogen-bond donors (Lipinski definition) is 1. The van der Waals surface area contributed by atoms with Crippen molar-refractivity contribution < 1.29 is 19.5 Å². The number of hydrogen-bond acceptors (Lipinski definition) is 4. The summed E-state index contributed by atoms with van der Waals surface area (Å²) < 4.78 is 1.60. The molecule has 1 unspecified atom stereocenters. The lowest BCUT2D eigenvalue weighted by Gasteiger charge is -2.26. The first-order chi connectivity index (χ1) is 10.9. The number of para-hydroxylation sites is 1. The molecule has 1 aromatic heterocycles. The second-order valence-corrected chi connectivity index (χ2v) is 5.45. The molecule has 1 aromatic carbocycles. The molecule has 0 aliphatic carbocycles. The number of nitrogens with zero attached hydrogens (tertiary/aromatic N) is 3. The van der Waals surface area contributed by atoms with Gasteiger partial charge in [0.1, 0.15) is 6.33 Å². The van der Waals surface area contributed by atoms with E-state index in [1.165, 1.54) is 18.2 Å². The summed E-state index contributed by atoms with van der Waals surface area (Å²) in [7, 11) is 0. The maximum atomic E-state index is 12.8. The van der Waals surface area contributed by atoms with Gasteiger partial charge in [-0.3, -0.25) is 14.2 Å². The van der Waals surface area contributed by atoms with E-state index in [1.807, 2.05) is 0 Å². The van der Waals surface area contributed by atoms with Crippen molar-refractivity contribution >= 4 is 17.7 Å². The van der Waals surface area contributed by atoms with Crippen LogP contribution in [-0.2, 0) is 11.3 Å². The van der Waals surface area contributed by atoms with Crippen molar-refractivity contribution in [3.8, 4) is 5.69 Å². The molecule has 23 heavy (non-hydrogen) atoms. The van der Waals surface area contributed by atoms with E-state index >= 15 is 0 Å². The summed E-state index contributed by atoms with van der Waals surface area (Å²) in [6, 6.07) is 6.23. The molecule has 0 spiro atoms. The van der Waals surface area contributed by atoms with Gasteiger partial charge in [-0.05, 0) is 26.0 Å². The Hall–Kier alpha value is -2.96. The molecule has 1 atom stereocenters. The number of carboxylic acids is 1. The summed E-state index contributed by atoms with van der Waals surface area (Å²) >= 11 is 0. The van der Waals surface area contributed by atoms with Crippen LogP contribution < -0.4 is 0 Å². The summed E-state index contributed by atoms with van der Waals surface area (Å²) in [6.07, 6.45) is 1.40. The molecular formula is C16H15N3O4. The minimum absolute atomic E-state index is 0.00981. The third-order valence-electron chi connectivity index (χ3n) is 4.10. The number of Topliss-reactive ketones (excluding diaryl/α,β-unsaturated/α-hetero) is 1. The van der Waals surface area contributed by atoms with Gasteiger partial charge < -0.3 is 10.0 Å². The van der Waals surface area contributed by atoms with E-state index in [0.717, 1.165) is 0 Å². The van der Waals surface area contributed by atoms with Gasteiger partial charge >= 0.3 is 5.97 Å². The van der Waals surface area contributed by atoms with Gasteiger partial charge in [0.25, 0.3) is 5.91 Å². The smallest absolute Gasteiger partial charge is 0.356 e. The average Bonchev–Trinajstić information content (AvgIpc) is 2.90. The lowest BCUT2D eigenvalue weighted by Crippen LogP contribution is -2.41. The van der Waals surface area contributed by atoms with Gasteiger partial charge in [-0.15, -0.1) is 0 Å². The molecule has 1 amide bonds. The van der Waals surface area contributed by atoms with Crippen LogP contribution in [0.5, 0.6) is 0 Å². The van der Waals surface area contributed by atoms with E-state index in [2.05, 4.69) is 4.98 Å². The highest BCUT2D eigenvalue weighted by Crippen LogP contribution is 2.27. The van der Waals surface area contributed by atoms with Gasteiger partial charge in [-0.2, -0.15) is 0 Å². The zero-order valence-corrected chi connectivity index (χ0v) is 12.7. The highest BCUT2D eigenvalue weighted by atomic mass is 16.4. The Labute approximate surface area is 132 Å². The van der Waals surface area contributed by atoms with Crippen LogP contribution in [0, 0.1) is 0 Å². The molecule has 0 fully saturated rings. The molecule has 0 saturated carbocycles. The van der Waals surface area contributed by atoms with E-state index in [0.29, 0.717) is 16.9 Å². The Morgan fingerprint density at radius 2 is 2.00 bits per heavy atom. The van der Waals surface area contributed by atoms with Crippen molar-refractivity contribution in [3.05, 3.63) is 47.5 Å². The molecule has 7 nitrogen and oxygen atoms in total. The highest BCUT2D eigenvalue weighted by Gasteiger charge is 2.33. The predicted octanol–water partition coefficient (Wildman–Crippen LogP) is 1.50. The van der Waals surface area contributed by atoms with Crippen LogP contribution in [0.25, 0.3) is 5.69 Å². The second-order valence-electron chi connectivity index (χ2n) is 5.45. The molecule has 1 aliphatic rings. The largest absolute Gasteiger partial charge is 0.476 e. The van der Waals surface area contributed by atoms with Gasteiger partial charge in [0, 0.05) is 0 Å². The van der Waals surface area contributed by atoms with E-state index in [9.17, 15) is 19.5 Å². The predicted molar refractivity (Wildman–Crippen MR) is 80.5 cm³/mol. The van der Waals surface area contributed by atoms with Gasteiger partial charge in [0.2, 0.25) is 0 Å². The average molecular weight is 313 g/mol. The van der Waals surface area contributed by atoms with Crippen LogP contribution in [0.3, 0.4) is 0 Å². The topological polar surface area (TPSA) is 92.5 Å². The first-order valence-electron chi connectivity index (χ1n) is 7.12. The Kier molecular flexibility index (Phi) is 3.48. The highest BCUT2D eigenvalue weighted by molar-refractivity contribution is 6.01. The number of benzene rings is 1. The molecule has 0 radical (unpaired) electrons. The van der Waals surface area contributed by atoms with Crippen molar-refractivity contribution in [1.82, 2.24) is 14.5 Å². The number of rotatable bonds is 3. The Morgan fingerprint density at radius 1 is 1.30 bits per heavy atom. The summed E-state index contributed by atoms with van der Waals surface area (Å²) in [5.41, 5.74) is 1.23. The lowest BCUT2D eigenvalue weighted by atomic mass is 10.1. The first-order valence-corrected chi connectivity index (χ1v) is 7.12. The number of fused-ring (bicyclic) bond motifs is 3. The van der Waals surface area contributed by atoms with E-state index < -0.39 is 12.0 Å². The van der Waals surface area contributed by atoms with Crippen molar-refractivity contribution in [2.75, 3.05) is 0 Å². The van der Waals surface area contributed by atoms with E-state index in [1.54, 1.807) is 35.8 Å². The maximum Gasteiger partial charge on any atom is 0.356 e. The van der Waals surface area contributed by atoms with Crippen LogP contribution in [0.15, 0.2) is 30.6 Å². The summed E-state index contributed by atoms with van der Waals surface area (Å²) in [6.45, 7) is 3.05. The van der Waals surface area contributed by atoms with Crippen molar-refractivity contribution in [2.45, 2.75) is 26.4 Å². The maximum absolute atomic E-state index is 12.8.